The Morgan fingerprint density at radius 1 is 0.178 bits per heavy atom. The van der Waals surface area contributed by atoms with Crippen molar-refractivity contribution in [2.45, 2.75) is 143 Å². The Labute approximate surface area is 838 Å². The molecule has 0 radical (unpaired) electrons. The molecule has 0 amide bonds. The first kappa shape index (κ1) is 102. The third kappa shape index (κ3) is 26.6. The number of benzene rings is 13. The van der Waals surface area contributed by atoms with Crippen LogP contribution < -0.4 is 0 Å². The molecule has 0 aromatic heterocycles. The first-order valence-corrected chi connectivity index (χ1v) is 47.1. The zero-order chi connectivity index (χ0) is 101. The lowest BCUT2D eigenvalue weighted by Gasteiger charge is -2.48. The molecule has 20 atom stereocenters. The molecule has 13 aromatic rings. The summed E-state index contributed by atoms with van der Waals surface area (Å²) >= 11 is 0. The Morgan fingerprint density at radius 2 is 0.356 bits per heavy atom. The molecule has 746 valence electrons. The molecule has 4 heterocycles. The van der Waals surface area contributed by atoms with Gasteiger partial charge in [-0.1, -0.05) is 273 Å². The topological polar surface area (TPSA) is 376 Å². The quantitative estimate of drug-likeness (QED) is 0.0276. The Bertz CT molecular complexity index is 6430. The lowest BCUT2D eigenvalue weighted by molar-refractivity contribution is -0.347. The van der Waals surface area contributed by atoms with Crippen LogP contribution in [0.25, 0.3) is 0 Å². The van der Waals surface area contributed by atoms with Crippen molar-refractivity contribution in [3.8, 4) is 0 Å². The third-order valence-corrected chi connectivity index (χ3v) is 24.2. The Kier molecular flexibility index (Phi) is 35.1. The average Bonchev–Trinajstić information content (AvgIpc) is 0.782. The molecule has 0 bridgehead atoms. The van der Waals surface area contributed by atoms with Gasteiger partial charge in [0.15, 0.2) is 80.1 Å². The molecule has 0 saturated carbocycles. The maximum atomic E-state index is 15.5. The fourth-order valence-electron chi connectivity index (χ4n) is 16.8. The minimum absolute atomic E-state index is 0.0225. The molecule has 4 aliphatic heterocycles. The van der Waals surface area contributed by atoms with Gasteiger partial charge in [-0.2, -0.15) is 0 Å². The van der Waals surface area contributed by atoms with Crippen molar-refractivity contribution in [3.63, 3.8) is 0 Å². The van der Waals surface area contributed by atoms with Crippen LogP contribution in [0.4, 0.5) is 0 Å². The number of hydrogen-bond donors (Lipinski definition) is 1. The van der Waals surface area contributed by atoms with Crippen molar-refractivity contribution in [3.05, 3.63) is 467 Å². The van der Waals surface area contributed by atoms with Gasteiger partial charge in [0, 0.05) is 0 Å². The molecule has 1 N–H and O–H groups in total. The Hall–Kier alpha value is -15.9. The number of aliphatic hydroxyl groups is 1. The summed E-state index contributed by atoms with van der Waals surface area (Å²) in [6.45, 7) is -3.81. The van der Waals surface area contributed by atoms with Gasteiger partial charge in [-0.15, -0.1) is 0 Å². The van der Waals surface area contributed by atoms with Crippen molar-refractivity contribution in [2.24, 2.45) is 0 Å². The molecular formula is C115H100O31. The van der Waals surface area contributed by atoms with E-state index in [9.17, 15) is 14.7 Å². The number of aliphatic hydroxyl groups excluding tert-OH is 1. The van der Waals surface area contributed by atoms with Gasteiger partial charge in [-0.25, -0.2) is 47.9 Å². The summed E-state index contributed by atoms with van der Waals surface area (Å²) < 4.78 is 135. The lowest BCUT2D eigenvalue weighted by atomic mass is 9.96. The molecule has 0 aliphatic carbocycles. The number of carbonyl (C=O) groups excluding carboxylic acids is 10. The smallest absolute Gasteiger partial charge is 0.338 e. The molecule has 17 rings (SSSR count). The predicted octanol–water partition coefficient (Wildman–Crippen LogP) is 15.6. The molecule has 4 aliphatic rings. The maximum Gasteiger partial charge on any atom is 0.338 e. The van der Waals surface area contributed by atoms with Gasteiger partial charge < -0.3 is 99.8 Å². The molecule has 4 saturated heterocycles. The molecule has 146 heavy (non-hydrogen) atoms. The SMILES string of the molecule is O=C(OCC1OC(OCC2OC(OCC3OC(OCC4OC(O)C(OCc5ccccc5)C(OCc5ccccc5)C4OCc4ccccc4)C(OC(=O)c4ccccc4)C(OC(=O)c4ccccc4)C3OC(=O)c3ccccc3)C(OC(=O)c3ccccc3)C(OC(=O)c3ccccc3)C2OC(=O)c2ccccc2)C(OC(=O)c2ccccc2)C(OC(=O)c2ccccc2)C1OC(=O)c1ccccc1)c1ccccc1. The maximum absolute atomic E-state index is 15.5. The van der Waals surface area contributed by atoms with Crippen LogP contribution in [0.3, 0.4) is 0 Å². The van der Waals surface area contributed by atoms with Crippen LogP contribution >= 0.6 is 0 Å². The average molecular weight is 1980 g/mol. The highest BCUT2D eigenvalue weighted by molar-refractivity contribution is 5.95. The highest BCUT2D eigenvalue weighted by Gasteiger charge is 2.60. The van der Waals surface area contributed by atoms with Crippen LogP contribution in [0.15, 0.2) is 394 Å². The largest absolute Gasteiger partial charge is 0.459 e. The van der Waals surface area contributed by atoms with Gasteiger partial charge in [-0.3, -0.25) is 0 Å². The highest BCUT2D eigenvalue weighted by Crippen LogP contribution is 2.40. The monoisotopic (exact) mass is 1980 g/mol. The summed E-state index contributed by atoms with van der Waals surface area (Å²) in [6, 6.07) is 103. The van der Waals surface area contributed by atoms with E-state index in [0.717, 1.165) is 11.1 Å². The Balaban J connectivity index is 0.806. The second-order valence-electron chi connectivity index (χ2n) is 34.1. The zero-order valence-corrected chi connectivity index (χ0v) is 78.2. The molecular weight excluding hydrogens is 1880 g/mol. The minimum atomic E-state index is -2.26. The van der Waals surface area contributed by atoms with Gasteiger partial charge in [0.05, 0.1) is 95.3 Å². The van der Waals surface area contributed by atoms with E-state index in [4.69, 9.17) is 94.7 Å². The van der Waals surface area contributed by atoms with Crippen molar-refractivity contribution in [1.29, 1.82) is 0 Å². The lowest BCUT2D eigenvalue weighted by Crippen LogP contribution is -2.66. The predicted molar refractivity (Wildman–Crippen MR) is 517 cm³/mol. The molecule has 20 unspecified atom stereocenters. The highest BCUT2D eigenvalue weighted by atomic mass is 16.8. The van der Waals surface area contributed by atoms with Crippen LogP contribution in [0, 0.1) is 0 Å². The van der Waals surface area contributed by atoms with Crippen molar-refractivity contribution in [1.82, 2.24) is 0 Å². The molecule has 0 spiro atoms. The molecule has 31 heteroatoms. The second kappa shape index (κ2) is 50.4. The summed E-state index contributed by atoms with van der Waals surface area (Å²) in [5.74, 6) is -10.7. The number of carbonyl (C=O) groups is 10. The van der Waals surface area contributed by atoms with Crippen molar-refractivity contribution >= 4 is 59.7 Å². The van der Waals surface area contributed by atoms with Crippen molar-refractivity contribution < 1.29 is 148 Å². The fraction of sp³-hybridized carbons (Fsp3) is 0.235. The first-order chi connectivity index (χ1) is 71.5. The summed E-state index contributed by atoms with van der Waals surface area (Å²) in [4.78, 5) is 152. The molecule has 4 fully saturated rings. The number of ether oxygens (including phenoxy) is 20. The van der Waals surface area contributed by atoms with Crippen LogP contribution in [0.2, 0.25) is 0 Å². The van der Waals surface area contributed by atoms with E-state index in [1.165, 1.54) is 170 Å². The van der Waals surface area contributed by atoms with Gasteiger partial charge in [0.1, 0.15) is 49.3 Å². The van der Waals surface area contributed by atoms with E-state index in [0.29, 0.717) is 5.56 Å². The van der Waals surface area contributed by atoms with Gasteiger partial charge in [0.25, 0.3) is 0 Å². The molecule has 13 aromatic carbocycles. The van der Waals surface area contributed by atoms with Crippen LogP contribution in [0.5, 0.6) is 0 Å². The van der Waals surface area contributed by atoms with Crippen LogP contribution in [0.1, 0.15) is 120 Å². The zero-order valence-electron chi connectivity index (χ0n) is 78.2. The number of hydrogen-bond acceptors (Lipinski definition) is 31. The first-order valence-electron chi connectivity index (χ1n) is 47.1. The molecule has 31 nitrogen and oxygen atoms in total. The van der Waals surface area contributed by atoms with Crippen molar-refractivity contribution in [2.75, 3.05) is 26.4 Å². The van der Waals surface area contributed by atoms with Crippen LogP contribution in [-0.2, 0) is 115 Å². The number of esters is 10. The fourth-order valence-corrected chi connectivity index (χ4v) is 16.8. The van der Waals surface area contributed by atoms with E-state index in [1.807, 2.05) is 91.0 Å². The normalized spacial score (nSPS) is 23.6. The second-order valence-corrected chi connectivity index (χ2v) is 34.1. The van der Waals surface area contributed by atoms with E-state index in [2.05, 4.69) is 0 Å². The van der Waals surface area contributed by atoms with E-state index >= 15 is 38.4 Å². The summed E-state index contributed by atoms with van der Waals surface area (Å²) in [7, 11) is 0. The van der Waals surface area contributed by atoms with Gasteiger partial charge in [0.2, 0.25) is 0 Å². The minimum Gasteiger partial charge on any atom is -0.459 e. The van der Waals surface area contributed by atoms with E-state index in [-0.39, 0.29) is 75.5 Å². The Morgan fingerprint density at radius 3 is 0.589 bits per heavy atom. The third-order valence-electron chi connectivity index (χ3n) is 24.2. The van der Waals surface area contributed by atoms with E-state index < -0.39 is 209 Å². The van der Waals surface area contributed by atoms with Crippen LogP contribution in [-0.4, -0.2) is 214 Å². The summed E-state index contributed by atoms with van der Waals surface area (Å²) in [6.07, 6.45) is -38.0. The summed E-state index contributed by atoms with van der Waals surface area (Å²) in [5, 5.41) is 12.6. The van der Waals surface area contributed by atoms with E-state index in [1.54, 1.807) is 133 Å². The van der Waals surface area contributed by atoms with Gasteiger partial charge >= 0.3 is 59.7 Å². The van der Waals surface area contributed by atoms with Gasteiger partial charge in [-0.05, 0) is 138 Å². The number of rotatable bonds is 39. The standard InChI is InChI=1S/C115H100O31/c116-102(76-46-20-4-21-47-76)130-69-87-91(138-103(117)77-48-22-5-23-49-77)95(141-106(120)80-54-28-8-29-55-80)99(144-109(123)83-60-34-11-35-61-83)114(135-87)132-71-89-93(140-105(119)79-52-26-7-27-53-79)97(143-108(122)82-58-32-10-33-59-82)101(146-111(125)85-64-38-13-39-65-85)115(137-89)133-72-88-92(139-104(118)78-50-24-6-25-51-78)96(142-107(121)81-56-30-9-31-57-81)100(145-110(124)84-62-36-12-37-63-84)113(136-88)131-70-86-90(127-66-73-40-14-1-15-41-73)94(128-67-74-42-16-2-17-43-74)98(112(126)134-86)129-68-75-44-18-3-19-45-75/h1-65,86-101,112-115,126H,66-72H2. The summed E-state index contributed by atoms with van der Waals surface area (Å²) in [5.41, 5.74) is 1.57.